The largest absolute Gasteiger partial charge is 0.481 e. The molecule has 0 rings (SSSR count). The summed E-state index contributed by atoms with van der Waals surface area (Å²) in [7, 11) is 0. The molecule has 0 aromatic carbocycles. The van der Waals surface area contributed by atoms with Gasteiger partial charge in [0.1, 0.15) is 0 Å². The van der Waals surface area contributed by atoms with Crippen LogP contribution in [0.25, 0.3) is 0 Å². The van der Waals surface area contributed by atoms with Crippen molar-refractivity contribution in [3.8, 4) is 0 Å². The second kappa shape index (κ2) is 13.0. The average Bonchev–Trinajstić information content (AvgIpc) is 2.45. The number of aliphatic carboxylic acids is 2. The van der Waals surface area contributed by atoms with Crippen molar-refractivity contribution >= 4 is 11.9 Å². The van der Waals surface area contributed by atoms with Gasteiger partial charge in [-0.2, -0.15) is 0 Å². The molecule has 0 aromatic heterocycles. The summed E-state index contributed by atoms with van der Waals surface area (Å²) >= 11 is 0. The van der Waals surface area contributed by atoms with Gasteiger partial charge in [-0.1, -0.05) is 27.7 Å². The highest BCUT2D eigenvalue weighted by molar-refractivity contribution is 5.67. The molecule has 154 valence electrons. The summed E-state index contributed by atoms with van der Waals surface area (Å²) in [5.74, 6) is -1.66. The van der Waals surface area contributed by atoms with Gasteiger partial charge in [-0.3, -0.25) is 9.59 Å². The van der Waals surface area contributed by atoms with Crippen LogP contribution < -0.4 is 0 Å². The lowest BCUT2D eigenvalue weighted by Gasteiger charge is -2.22. The predicted octanol–water partition coefficient (Wildman–Crippen LogP) is 2.05. The Morgan fingerprint density at radius 2 is 0.885 bits per heavy atom. The highest BCUT2D eigenvalue weighted by atomic mass is 16.6. The van der Waals surface area contributed by atoms with Gasteiger partial charge in [0, 0.05) is 0 Å². The molecular formula is C18H34O8. The maximum Gasteiger partial charge on any atom is 0.303 e. The third-order valence-electron chi connectivity index (χ3n) is 3.36. The van der Waals surface area contributed by atoms with E-state index < -0.39 is 22.8 Å². The van der Waals surface area contributed by atoms with Crippen molar-refractivity contribution in [2.24, 2.45) is 10.8 Å². The average molecular weight is 378 g/mol. The molecule has 0 aliphatic carbocycles. The van der Waals surface area contributed by atoms with Crippen molar-refractivity contribution in [1.29, 1.82) is 0 Å². The smallest absolute Gasteiger partial charge is 0.303 e. The number of carboxylic acid groups (broad SMARTS) is 2. The predicted molar refractivity (Wildman–Crippen MR) is 95.3 cm³/mol. The van der Waals surface area contributed by atoms with E-state index in [0.717, 1.165) is 0 Å². The molecule has 0 aromatic rings. The third kappa shape index (κ3) is 16.3. The number of hydrogen-bond acceptors (Lipinski definition) is 6. The highest BCUT2D eigenvalue weighted by Gasteiger charge is 2.22. The monoisotopic (exact) mass is 378 g/mol. The van der Waals surface area contributed by atoms with Crippen LogP contribution in [0, 0.1) is 10.8 Å². The van der Waals surface area contributed by atoms with Gasteiger partial charge in [-0.25, -0.2) is 0 Å². The van der Waals surface area contributed by atoms with Crippen LogP contribution in [0.4, 0.5) is 0 Å². The minimum absolute atomic E-state index is 0.0667. The van der Waals surface area contributed by atoms with E-state index in [0.29, 0.717) is 52.9 Å². The SMILES string of the molecule is CC(C)(COCCOCCOCCOCC(C)(C)CC(=O)O)CC(=O)O. The van der Waals surface area contributed by atoms with Crippen molar-refractivity contribution in [2.75, 3.05) is 52.9 Å². The molecule has 0 aliphatic heterocycles. The standard InChI is InChI=1S/C18H34O8/c1-17(2,11-15(19)20)13-25-9-7-23-5-6-24-8-10-26-14-18(3,4)12-16(21)22/h5-14H2,1-4H3,(H,19,20)(H,21,22). The van der Waals surface area contributed by atoms with Crippen LogP contribution in [0.2, 0.25) is 0 Å². The first-order valence-corrected chi connectivity index (χ1v) is 8.79. The zero-order valence-corrected chi connectivity index (χ0v) is 16.4. The van der Waals surface area contributed by atoms with Gasteiger partial charge >= 0.3 is 11.9 Å². The number of carbonyl (C=O) groups is 2. The molecule has 0 radical (unpaired) electrons. The van der Waals surface area contributed by atoms with Crippen LogP contribution >= 0.6 is 0 Å². The molecule has 0 amide bonds. The summed E-state index contributed by atoms with van der Waals surface area (Å²) in [6.07, 6.45) is 0.133. The van der Waals surface area contributed by atoms with E-state index in [2.05, 4.69) is 0 Å². The lowest BCUT2D eigenvalue weighted by Crippen LogP contribution is -2.24. The van der Waals surface area contributed by atoms with E-state index in [9.17, 15) is 9.59 Å². The molecule has 0 bridgehead atoms. The molecule has 0 heterocycles. The molecular weight excluding hydrogens is 344 g/mol. The second-order valence-corrected chi connectivity index (χ2v) is 7.80. The van der Waals surface area contributed by atoms with Crippen LogP contribution in [-0.2, 0) is 28.5 Å². The molecule has 0 saturated carbocycles. The Bertz CT molecular complexity index is 368. The van der Waals surface area contributed by atoms with Gasteiger partial charge in [0.05, 0.1) is 65.7 Å². The minimum atomic E-state index is -0.832. The minimum Gasteiger partial charge on any atom is -0.481 e. The van der Waals surface area contributed by atoms with Crippen LogP contribution in [0.3, 0.4) is 0 Å². The first-order chi connectivity index (χ1) is 12.0. The fraction of sp³-hybridized carbons (Fsp3) is 0.889. The Hall–Kier alpha value is -1.22. The zero-order chi connectivity index (χ0) is 20.1. The van der Waals surface area contributed by atoms with Crippen LogP contribution in [0.15, 0.2) is 0 Å². The van der Waals surface area contributed by atoms with Crippen LogP contribution in [0.5, 0.6) is 0 Å². The Labute approximate surface area is 155 Å². The molecule has 26 heavy (non-hydrogen) atoms. The number of carboxylic acids is 2. The molecule has 2 N–H and O–H groups in total. The maximum absolute atomic E-state index is 10.7. The van der Waals surface area contributed by atoms with Crippen LogP contribution in [0.1, 0.15) is 40.5 Å². The fourth-order valence-corrected chi connectivity index (χ4v) is 2.18. The van der Waals surface area contributed by atoms with Crippen molar-refractivity contribution in [2.45, 2.75) is 40.5 Å². The third-order valence-corrected chi connectivity index (χ3v) is 3.36. The van der Waals surface area contributed by atoms with Crippen molar-refractivity contribution in [3.05, 3.63) is 0 Å². The first-order valence-electron chi connectivity index (χ1n) is 8.79. The summed E-state index contributed by atoms with van der Waals surface area (Å²) < 4.78 is 21.6. The second-order valence-electron chi connectivity index (χ2n) is 7.80. The lowest BCUT2D eigenvalue weighted by atomic mass is 9.91. The van der Waals surface area contributed by atoms with Crippen molar-refractivity contribution < 1.29 is 38.7 Å². The quantitative estimate of drug-likeness (QED) is 0.370. The van der Waals surface area contributed by atoms with E-state index in [4.69, 9.17) is 29.2 Å². The lowest BCUT2D eigenvalue weighted by molar-refractivity contribution is -0.141. The number of ether oxygens (including phenoxy) is 4. The number of hydrogen-bond donors (Lipinski definition) is 2. The van der Waals surface area contributed by atoms with E-state index in [-0.39, 0.29) is 12.8 Å². The molecule has 0 atom stereocenters. The molecule has 0 fully saturated rings. The van der Waals surface area contributed by atoms with Crippen LogP contribution in [-0.4, -0.2) is 75.0 Å². The van der Waals surface area contributed by atoms with Crippen molar-refractivity contribution in [3.63, 3.8) is 0 Å². The fourth-order valence-electron chi connectivity index (χ4n) is 2.18. The number of rotatable bonds is 17. The first kappa shape index (κ1) is 24.8. The molecule has 0 spiro atoms. The summed E-state index contributed by atoms with van der Waals surface area (Å²) in [6.45, 7) is 10.7. The summed E-state index contributed by atoms with van der Waals surface area (Å²) in [6, 6.07) is 0. The molecule has 8 nitrogen and oxygen atoms in total. The topological polar surface area (TPSA) is 112 Å². The Morgan fingerprint density at radius 3 is 1.15 bits per heavy atom. The highest BCUT2D eigenvalue weighted by Crippen LogP contribution is 2.20. The van der Waals surface area contributed by atoms with E-state index in [1.54, 1.807) is 0 Å². The molecule has 0 aliphatic rings. The molecule has 0 unspecified atom stereocenters. The summed E-state index contributed by atoms with van der Waals surface area (Å²) in [5, 5.41) is 17.5. The van der Waals surface area contributed by atoms with E-state index in [1.807, 2.05) is 27.7 Å². The Kier molecular flexibility index (Phi) is 12.4. The normalized spacial score (nSPS) is 12.3. The Balaban J connectivity index is 3.42. The van der Waals surface area contributed by atoms with E-state index in [1.165, 1.54) is 0 Å². The van der Waals surface area contributed by atoms with E-state index >= 15 is 0 Å². The molecule has 0 saturated heterocycles. The zero-order valence-electron chi connectivity index (χ0n) is 16.4. The van der Waals surface area contributed by atoms with Gasteiger partial charge in [0.2, 0.25) is 0 Å². The van der Waals surface area contributed by atoms with Crippen molar-refractivity contribution in [1.82, 2.24) is 0 Å². The maximum atomic E-state index is 10.7. The summed E-state index contributed by atoms with van der Waals surface area (Å²) in [5.41, 5.74) is -0.790. The van der Waals surface area contributed by atoms with Gasteiger partial charge in [0.25, 0.3) is 0 Å². The molecule has 8 heteroatoms. The summed E-state index contributed by atoms with van der Waals surface area (Å²) in [4.78, 5) is 21.4. The van der Waals surface area contributed by atoms with Gasteiger partial charge in [-0.15, -0.1) is 0 Å². The van der Waals surface area contributed by atoms with Gasteiger partial charge < -0.3 is 29.2 Å². The Morgan fingerprint density at radius 1 is 0.615 bits per heavy atom. The van der Waals surface area contributed by atoms with Gasteiger partial charge in [0.15, 0.2) is 0 Å². The van der Waals surface area contributed by atoms with Gasteiger partial charge in [-0.05, 0) is 10.8 Å².